The monoisotopic (exact) mass is 276 g/mol. The second kappa shape index (κ2) is 8.12. The van der Waals surface area contributed by atoms with Gasteiger partial charge in [0.15, 0.2) is 0 Å². The van der Waals surface area contributed by atoms with Crippen molar-refractivity contribution in [3.63, 3.8) is 0 Å². The SMILES string of the molecule is CN(CCCCCCNC1CC1)CCS(C)(=O)=O. The van der Waals surface area contributed by atoms with Gasteiger partial charge < -0.3 is 10.2 Å². The number of sulfone groups is 1. The Morgan fingerprint density at radius 2 is 1.78 bits per heavy atom. The molecule has 18 heavy (non-hydrogen) atoms. The predicted molar refractivity (Wildman–Crippen MR) is 76.7 cm³/mol. The molecule has 0 aromatic carbocycles. The molecule has 1 N–H and O–H groups in total. The number of hydrogen-bond donors (Lipinski definition) is 1. The minimum Gasteiger partial charge on any atom is -0.314 e. The highest BCUT2D eigenvalue weighted by Gasteiger charge is 2.19. The maximum Gasteiger partial charge on any atom is 0.148 e. The van der Waals surface area contributed by atoms with Crippen molar-refractivity contribution in [3.05, 3.63) is 0 Å². The average molecular weight is 276 g/mol. The lowest BCUT2D eigenvalue weighted by atomic mass is 10.2. The van der Waals surface area contributed by atoms with Crippen molar-refractivity contribution >= 4 is 9.84 Å². The van der Waals surface area contributed by atoms with Gasteiger partial charge in [-0.15, -0.1) is 0 Å². The van der Waals surface area contributed by atoms with Crippen LogP contribution in [0.1, 0.15) is 38.5 Å². The van der Waals surface area contributed by atoms with Crippen LogP contribution in [0.15, 0.2) is 0 Å². The first-order valence-electron chi connectivity index (χ1n) is 7.07. The van der Waals surface area contributed by atoms with Crippen LogP contribution in [0.5, 0.6) is 0 Å². The molecule has 0 spiro atoms. The first-order chi connectivity index (χ1) is 8.47. The molecular formula is C13H28N2O2S. The molecular weight excluding hydrogens is 248 g/mol. The summed E-state index contributed by atoms with van der Waals surface area (Å²) in [6.07, 6.45) is 8.99. The van der Waals surface area contributed by atoms with Crippen molar-refractivity contribution in [2.24, 2.45) is 0 Å². The molecule has 1 aliphatic carbocycles. The molecule has 0 saturated heterocycles. The van der Waals surface area contributed by atoms with Crippen molar-refractivity contribution in [2.75, 3.05) is 38.7 Å². The van der Waals surface area contributed by atoms with Gasteiger partial charge in [-0.3, -0.25) is 0 Å². The van der Waals surface area contributed by atoms with Gasteiger partial charge in [-0.05, 0) is 45.8 Å². The van der Waals surface area contributed by atoms with Gasteiger partial charge in [0.05, 0.1) is 5.75 Å². The highest BCUT2D eigenvalue weighted by atomic mass is 32.2. The molecule has 4 nitrogen and oxygen atoms in total. The number of hydrogen-bond acceptors (Lipinski definition) is 4. The van der Waals surface area contributed by atoms with Crippen LogP contribution in [-0.4, -0.2) is 58.1 Å². The van der Waals surface area contributed by atoms with E-state index in [4.69, 9.17) is 0 Å². The Balaban J connectivity index is 1.83. The van der Waals surface area contributed by atoms with Gasteiger partial charge in [-0.1, -0.05) is 12.8 Å². The van der Waals surface area contributed by atoms with E-state index in [-0.39, 0.29) is 5.75 Å². The van der Waals surface area contributed by atoms with Crippen molar-refractivity contribution < 1.29 is 8.42 Å². The van der Waals surface area contributed by atoms with E-state index in [0.717, 1.165) is 19.1 Å². The topological polar surface area (TPSA) is 49.4 Å². The van der Waals surface area contributed by atoms with E-state index >= 15 is 0 Å². The Bertz CT molecular complexity index is 313. The fraction of sp³-hybridized carbons (Fsp3) is 1.00. The number of nitrogens with one attached hydrogen (secondary N) is 1. The molecule has 0 atom stereocenters. The van der Waals surface area contributed by atoms with Crippen molar-refractivity contribution in [1.29, 1.82) is 0 Å². The summed E-state index contributed by atoms with van der Waals surface area (Å²) in [4.78, 5) is 2.11. The minimum atomic E-state index is -2.81. The van der Waals surface area contributed by atoms with E-state index in [9.17, 15) is 8.42 Å². The van der Waals surface area contributed by atoms with E-state index in [0.29, 0.717) is 6.54 Å². The zero-order valence-corrected chi connectivity index (χ0v) is 12.6. The molecule has 1 rings (SSSR count). The molecule has 0 aromatic rings. The molecule has 1 fully saturated rings. The third-order valence-corrected chi connectivity index (χ3v) is 4.24. The summed E-state index contributed by atoms with van der Waals surface area (Å²) in [6, 6.07) is 0.826. The van der Waals surface area contributed by atoms with E-state index in [1.165, 1.54) is 44.8 Å². The normalized spacial score (nSPS) is 16.4. The quantitative estimate of drug-likeness (QED) is 0.578. The molecule has 0 unspecified atom stereocenters. The van der Waals surface area contributed by atoms with Crippen LogP contribution in [0, 0.1) is 0 Å². The predicted octanol–water partition coefficient (Wildman–Crippen LogP) is 1.28. The van der Waals surface area contributed by atoms with Crippen LogP contribution < -0.4 is 5.32 Å². The van der Waals surface area contributed by atoms with E-state index < -0.39 is 9.84 Å². The largest absolute Gasteiger partial charge is 0.314 e. The summed E-state index contributed by atoms with van der Waals surface area (Å²) in [5, 5.41) is 3.52. The zero-order valence-electron chi connectivity index (χ0n) is 11.8. The van der Waals surface area contributed by atoms with E-state index in [2.05, 4.69) is 10.2 Å². The summed E-state index contributed by atoms with van der Waals surface area (Å²) in [7, 11) is -0.814. The van der Waals surface area contributed by atoms with Gasteiger partial charge >= 0.3 is 0 Å². The number of rotatable bonds is 11. The molecule has 108 valence electrons. The first kappa shape index (κ1) is 15.9. The molecule has 0 amide bonds. The van der Waals surface area contributed by atoms with Crippen LogP contribution in [-0.2, 0) is 9.84 Å². The van der Waals surface area contributed by atoms with Crippen LogP contribution >= 0.6 is 0 Å². The van der Waals surface area contributed by atoms with Gasteiger partial charge in [-0.2, -0.15) is 0 Å². The molecule has 0 heterocycles. The third kappa shape index (κ3) is 9.85. The van der Waals surface area contributed by atoms with Gasteiger partial charge in [0, 0.05) is 18.8 Å². The number of nitrogens with zero attached hydrogens (tertiary/aromatic N) is 1. The minimum absolute atomic E-state index is 0.273. The second-order valence-electron chi connectivity index (χ2n) is 5.58. The maximum absolute atomic E-state index is 11.0. The lowest BCUT2D eigenvalue weighted by Gasteiger charge is -2.15. The summed E-state index contributed by atoms with van der Waals surface area (Å²) in [5.74, 6) is 0.273. The van der Waals surface area contributed by atoms with Crippen LogP contribution in [0.25, 0.3) is 0 Å². The first-order valence-corrected chi connectivity index (χ1v) is 9.13. The fourth-order valence-electron chi connectivity index (χ4n) is 1.89. The maximum atomic E-state index is 11.0. The fourth-order valence-corrected chi connectivity index (χ4v) is 2.53. The van der Waals surface area contributed by atoms with Gasteiger partial charge in [0.2, 0.25) is 0 Å². The Kier molecular flexibility index (Phi) is 7.19. The summed E-state index contributed by atoms with van der Waals surface area (Å²) >= 11 is 0. The van der Waals surface area contributed by atoms with Crippen molar-refractivity contribution in [2.45, 2.75) is 44.6 Å². The molecule has 0 radical (unpaired) electrons. The highest BCUT2D eigenvalue weighted by Crippen LogP contribution is 2.18. The molecule has 5 heteroatoms. The molecule has 1 aliphatic rings. The second-order valence-corrected chi connectivity index (χ2v) is 7.84. The van der Waals surface area contributed by atoms with E-state index in [1.807, 2.05) is 7.05 Å². The van der Waals surface area contributed by atoms with Gasteiger partial charge in [-0.25, -0.2) is 8.42 Å². The smallest absolute Gasteiger partial charge is 0.148 e. The Morgan fingerprint density at radius 3 is 2.39 bits per heavy atom. The summed E-state index contributed by atoms with van der Waals surface area (Å²) in [5.41, 5.74) is 0. The van der Waals surface area contributed by atoms with Crippen molar-refractivity contribution in [1.82, 2.24) is 10.2 Å². The third-order valence-electron chi connectivity index (χ3n) is 3.32. The zero-order chi connectivity index (χ0) is 13.4. The van der Waals surface area contributed by atoms with Gasteiger partial charge in [0.1, 0.15) is 9.84 Å². The number of unbranched alkanes of at least 4 members (excludes halogenated alkanes) is 3. The molecule has 1 saturated carbocycles. The highest BCUT2D eigenvalue weighted by molar-refractivity contribution is 7.90. The van der Waals surface area contributed by atoms with Crippen LogP contribution in [0.4, 0.5) is 0 Å². The molecule has 0 bridgehead atoms. The molecule has 0 aliphatic heterocycles. The van der Waals surface area contributed by atoms with Gasteiger partial charge in [0.25, 0.3) is 0 Å². The molecule has 0 aromatic heterocycles. The Labute approximate surface area is 112 Å². The van der Waals surface area contributed by atoms with Crippen molar-refractivity contribution in [3.8, 4) is 0 Å². The van der Waals surface area contributed by atoms with Crippen LogP contribution in [0.3, 0.4) is 0 Å². The van der Waals surface area contributed by atoms with E-state index in [1.54, 1.807) is 0 Å². The summed E-state index contributed by atoms with van der Waals surface area (Å²) < 4.78 is 22.0. The van der Waals surface area contributed by atoms with Crippen LogP contribution in [0.2, 0.25) is 0 Å². The standard InChI is InChI=1S/C13H28N2O2S/c1-15(11-12-18(2,16)17)10-6-4-3-5-9-14-13-7-8-13/h13-14H,3-12H2,1-2H3. The lowest BCUT2D eigenvalue weighted by Crippen LogP contribution is -2.26. The Morgan fingerprint density at radius 1 is 1.11 bits per heavy atom. The lowest BCUT2D eigenvalue weighted by molar-refractivity contribution is 0.341. The average Bonchev–Trinajstić information content (AvgIpc) is 3.08. The Hall–Kier alpha value is -0.130. The summed E-state index contributed by atoms with van der Waals surface area (Å²) in [6.45, 7) is 2.82.